The third-order valence-corrected chi connectivity index (χ3v) is 3.42. The first-order valence-electron chi connectivity index (χ1n) is 4.84. The number of nitrogens with two attached hydrogens (primary N) is 1. The van der Waals surface area contributed by atoms with E-state index in [0.29, 0.717) is 21.1 Å². The molecule has 2 aromatic rings. The Labute approximate surface area is 107 Å². The number of rotatable bonds is 3. The van der Waals surface area contributed by atoms with E-state index in [4.69, 9.17) is 17.3 Å². The summed E-state index contributed by atoms with van der Waals surface area (Å²) in [6.07, 6.45) is 1.65. The van der Waals surface area contributed by atoms with E-state index in [9.17, 15) is 4.79 Å². The molecule has 17 heavy (non-hydrogen) atoms. The Balaban J connectivity index is 2.32. The molecule has 0 aliphatic rings. The van der Waals surface area contributed by atoms with Gasteiger partial charge in [-0.25, -0.2) is 0 Å². The molecule has 2 heterocycles. The van der Waals surface area contributed by atoms with Crippen molar-refractivity contribution in [3.63, 3.8) is 0 Å². The van der Waals surface area contributed by atoms with Gasteiger partial charge >= 0.3 is 0 Å². The number of nitrogens with one attached hydrogen (secondary N) is 1. The molecule has 0 saturated heterocycles. The lowest BCUT2D eigenvalue weighted by molar-refractivity contribution is 0.0962. The van der Waals surface area contributed by atoms with E-state index in [0.717, 1.165) is 4.70 Å². The van der Waals surface area contributed by atoms with Gasteiger partial charge in [0.2, 0.25) is 0 Å². The molecule has 0 atom stereocenters. The first-order valence-corrected chi connectivity index (χ1v) is 6.03. The fraction of sp³-hybridized carbons (Fsp3) is 0.0909. The summed E-state index contributed by atoms with van der Waals surface area (Å²) in [5.41, 5.74) is 6.94. The lowest BCUT2D eigenvalue weighted by atomic mass is 10.3. The molecule has 0 bridgehead atoms. The molecule has 4 nitrogen and oxygen atoms in total. The summed E-state index contributed by atoms with van der Waals surface area (Å²) in [7, 11) is 0. The largest absolute Gasteiger partial charge is 0.396 e. The van der Waals surface area contributed by atoms with Gasteiger partial charge in [-0.15, -0.1) is 11.3 Å². The molecule has 0 fully saturated rings. The van der Waals surface area contributed by atoms with Gasteiger partial charge < -0.3 is 11.1 Å². The first kappa shape index (κ1) is 11.9. The summed E-state index contributed by atoms with van der Waals surface area (Å²) >= 11 is 6.89. The predicted molar refractivity (Wildman–Crippen MR) is 71.4 cm³/mol. The standard InChI is InChI=1S/C11H10ClN3OS/c1-6(12)5-15-11(16)10-8(13)9-7(17-10)3-2-4-14-9/h2-4H,1,5,13H2,(H,15,16). The summed E-state index contributed by atoms with van der Waals surface area (Å²) < 4.78 is 0.889. The number of fused-ring (bicyclic) bond motifs is 1. The van der Waals surface area contributed by atoms with Gasteiger partial charge in [0.25, 0.3) is 5.91 Å². The number of nitrogens with zero attached hydrogens (tertiary/aromatic N) is 1. The van der Waals surface area contributed by atoms with Gasteiger partial charge in [0.05, 0.1) is 16.9 Å². The molecule has 2 aromatic heterocycles. The van der Waals surface area contributed by atoms with Crippen molar-refractivity contribution in [2.24, 2.45) is 0 Å². The van der Waals surface area contributed by atoms with E-state index in [1.54, 1.807) is 12.3 Å². The van der Waals surface area contributed by atoms with Crippen LogP contribution in [-0.4, -0.2) is 17.4 Å². The monoisotopic (exact) mass is 267 g/mol. The number of carbonyl (C=O) groups is 1. The van der Waals surface area contributed by atoms with E-state index in [-0.39, 0.29) is 12.5 Å². The van der Waals surface area contributed by atoms with Crippen molar-refractivity contribution in [3.8, 4) is 0 Å². The normalized spacial score (nSPS) is 10.4. The second kappa shape index (κ2) is 4.73. The average Bonchev–Trinajstić information content (AvgIpc) is 2.64. The fourth-order valence-electron chi connectivity index (χ4n) is 1.37. The van der Waals surface area contributed by atoms with Crippen molar-refractivity contribution >= 4 is 44.7 Å². The molecule has 0 aliphatic carbocycles. The zero-order valence-electron chi connectivity index (χ0n) is 8.87. The molecule has 3 N–H and O–H groups in total. The second-order valence-electron chi connectivity index (χ2n) is 3.39. The maximum Gasteiger partial charge on any atom is 0.263 e. The maximum absolute atomic E-state index is 11.8. The van der Waals surface area contributed by atoms with Gasteiger partial charge in [-0.05, 0) is 12.1 Å². The van der Waals surface area contributed by atoms with Crippen molar-refractivity contribution in [2.75, 3.05) is 12.3 Å². The highest BCUT2D eigenvalue weighted by Gasteiger charge is 2.16. The summed E-state index contributed by atoms with van der Waals surface area (Å²) in [5.74, 6) is -0.257. The number of amides is 1. The Morgan fingerprint density at radius 1 is 1.65 bits per heavy atom. The number of hydrogen-bond acceptors (Lipinski definition) is 4. The van der Waals surface area contributed by atoms with Gasteiger partial charge in [0.1, 0.15) is 10.4 Å². The number of anilines is 1. The Kier molecular flexibility index (Phi) is 3.31. The third-order valence-electron chi connectivity index (χ3n) is 2.13. The molecule has 0 radical (unpaired) electrons. The Morgan fingerprint density at radius 3 is 3.06 bits per heavy atom. The molecule has 2 rings (SSSR count). The number of halogens is 1. The number of hydrogen-bond donors (Lipinski definition) is 2. The van der Waals surface area contributed by atoms with Crippen LogP contribution < -0.4 is 11.1 Å². The Hall–Kier alpha value is -1.59. The molecule has 1 amide bonds. The van der Waals surface area contributed by atoms with Crippen molar-refractivity contribution in [2.45, 2.75) is 0 Å². The predicted octanol–water partition coefficient (Wildman–Crippen LogP) is 2.36. The van der Waals surface area contributed by atoms with Crippen molar-refractivity contribution in [3.05, 3.63) is 34.8 Å². The summed E-state index contributed by atoms with van der Waals surface area (Å²) in [6.45, 7) is 3.72. The molecule has 0 aromatic carbocycles. The van der Waals surface area contributed by atoms with Crippen LogP contribution >= 0.6 is 22.9 Å². The highest BCUT2D eigenvalue weighted by atomic mass is 35.5. The number of nitrogen functional groups attached to an aromatic ring is 1. The molecule has 0 unspecified atom stereocenters. The Morgan fingerprint density at radius 2 is 2.41 bits per heavy atom. The SMILES string of the molecule is C=C(Cl)CNC(=O)c1sc2cccnc2c1N. The van der Waals surface area contributed by atoms with E-state index >= 15 is 0 Å². The average molecular weight is 268 g/mol. The van der Waals surface area contributed by atoms with Crippen molar-refractivity contribution in [1.29, 1.82) is 0 Å². The lowest BCUT2D eigenvalue weighted by Gasteiger charge is -2.01. The smallest absolute Gasteiger partial charge is 0.263 e. The number of aromatic nitrogens is 1. The van der Waals surface area contributed by atoms with Crippen LogP contribution in [0.1, 0.15) is 9.67 Å². The zero-order valence-corrected chi connectivity index (χ0v) is 10.4. The van der Waals surface area contributed by atoms with Crippen molar-refractivity contribution in [1.82, 2.24) is 10.3 Å². The molecule has 88 valence electrons. The fourth-order valence-corrected chi connectivity index (χ4v) is 2.44. The molecule has 0 spiro atoms. The molecular formula is C11H10ClN3OS. The van der Waals surface area contributed by atoms with Crippen LogP contribution in [0.2, 0.25) is 0 Å². The number of thiophene rings is 1. The van der Waals surface area contributed by atoms with Crippen molar-refractivity contribution < 1.29 is 4.79 Å². The van der Waals surface area contributed by atoms with Crippen LogP contribution in [0.25, 0.3) is 10.2 Å². The van der Waals surface area contributed by atoms with Crippen LogP contribution in [0.4, 0.5) is 5.69 Å². The van der Waals surface area contributed by atoms with Gasteiger partial charge in [-0.1, -0.05) is 18.2 Å². The van der Waals surface area contributed by atoms with E-state index in [2.05, 4.69) is 16.9 Å². The quantitative estimate of drug-likeness (QED) is 0.897. The summed E-state index contributed by atoms with van der Waals surface area (Å²) in [5, 5.41) is 3.00. The highest BCUT2D eigenvalue weighted by molar-refractivity contribution is 7.21. The topological polar surface area (TPSA) is 68.0 Å². The Bertz CT molecular complexity index is 593. The summed E-state index contributed by atoms with van der Waals surface area (Å²) in [4.78, 5) is 16.4. The maximum atomic E-state index is 11.8. The van der Waals surface area contributed by atoms with E-state index in [1.165, 1.54) is 11.3 Å². The van der Waals surface area contributed by atoms with Crippen LogP contribution in [0.3, 0.4) is 0 Å². The van der Waals surface area contributed by atoms with E-state index in [1.807, 2.05) is 6.07 Å². The first-order chi connectivity index (χ1) is 8.09. The van der Waals surface area contributed by atoms with Gasteiger partial charge in [0.15, 0.2) is 0 Å². The number of pyridine rings is 1. The van der Waals surface area contributed by atoms with Gasteiger partial charge in [-0.3, -0.25) is 9.78 Å². The van der Waals surface area contributed by atoms with Gasteiger partial charge in [-0.2, -0.15) is 0 Å². The van der Waals surface area contributed by atoms with Gasteiger partial charge in [0, 0.05) is 11.2 Å². The third kappa shape index (κ3) is 2.40. The van der Waals surface area contributed by atoms with E-state index < -0.39 is 0 Å². The second-order valence-corrected chi connectivity index (χ2v) is 4.98. The van der Waals surface area contributed by atoms with Crippen LogP contribution in [0.15, 0.2) is 29.9 Å². The molecule has 0 aliphatic heterocycles. The highest BCUT2D eigenvalue weighted by Crippen LogP contribution is 2.31. The molecule has 0 saturated carbocycles. The minimum atomic E-state index is -0.257. The van der Waals surface area contributed by atoms with Crippen LogP contribution in [0, 0.1) is 0 Å². The van der Waals surface area contributed by atoms with Crippen LogP contribution in [-0.2, 0) is 0 Å². The molecular weight excluding hydrogens is 258 g/mol. The van der Waals surface area contributed by atoms with Crippen LogP contribution in [0.5, 0.6) is 0 Å². The minimum absolute atomic E-state index is 0.224. The zero-order chi connectivity index (χ0) is 12.4. The molecule has 6 heteroatoms. The summed E-state index contributed by atoms with van der Waals surface area (Å²) in [6, 6.07) is 3.68. The minimum Gasteiger partial charge on any atom is -0.396 e. The lowest BCUT2D eigenvalue weighted by Crippen LogP contribution is -2.24. The number of carbonyl (C=O) groups excluding carboxylic acids is 1.